The van der Waals surface area contributed by atoms with Crippen molar-refractivity contribution in [2.45, 2.75) is 0 Å². The van der Waals surface area contributed by atoms with Crippen molar-refractivity contribution in [3.63, 3.8) is 0 Å². The van der Waals surface area contributed by atoms with Gasteiger partial charge in [-0.3, -0.25) is 14.9 Å². The first-order valence-electron chi connectivity index (χ1n) is 5.49. The van der Waals surface area contributed by atoms with Crippen molar-refractivity contribution in [1.29, 1.82) is 0 Å². The van der Waals surface area contributed by atoms with Gasteiger partial charge in [-0.25, -0.2) is 0 Å². The number of nitro benzene ring substituents is 1. The molecule has 0 spiro atoms. The lowest BCUT2D eigenvalue weighted by atomic mass is 10.1. The molecule has 20 heavy (non-hydrogen) atoms. The van der Waals surface area contributed by atoms with Crippen molar-refractivity contribution in [2.75, 3.05) is 5.32 Å². The summed E-state index contributed by atoms with van der Waals surface area (Å²) in [5.41, 5.74) is -0.416. The van der Waals surface area contributed by atoms with Crippen molar-refractivity contribution in [2.24, 2.45) is 0 Å². The van der Waals surface area contributed by atoms with Gasteiger partial charge in [-0.1, -0.05) is 23.7 Å². The lowest BCUT2D eigenvalue weighted by Crippen LogP contribution is -2.12. The Labute approximate surface area is 118 Å². The number of hydrogen-bond acceptors (Lipinski definition) is 3. The molecule has 0 bridgehead atoms. The normalized spacial score (nSPS) is 10.1. The molecule has 0 aromatic heterocycles. The molecule has 2 aromatic rings. The van der Waals surface area contributed by atoms with E-state index >= 15 is 0 Å². The number of amides is 1. The lowest BCUT2D eigenvalue weighted by Gasteiger charge is -2.07. The van der Waals surface area contributed by atoms with E-state index in [2.05, 4.69) is 5.32 Å². The van der Waals surface area contributed by atoms with Crippen LogP contribution in [0.4, 0.5) is 15.8 Å². The summed E-state index contributed by atoms with van der Waals surface area (Å²) in [5.74, 6) is -1.61. The van der Waals surface area contributed by atoms with Gasteiger partial charge in [0.15, 0.2) is 0 Å². The number of nitro groups is 1. The summed E-state index contributed by atoms with van der Waals surface area (Å²) in [5, 5.41) is 13.4. The van der Waals surface area contributed by atoms with Crippen molar-refractivity contribution in [1.82, 2.24) is 0 Å². The number of para-hydroxylation sites is 1. The van der Waals surface area contributed by atoms with E-state index in [4.69, 9.17) is 11.6 Å². The Hall–Kier alpha value is -2.47. The van der Waals surface area contributed by atoms with Gasteiger partial charge in [0.1, 0.15) is 0 Å². The van der Waals surface area contributed by atoms with Gasteiger partial charge in [-0.15, -0.1) is 0 Å². The van der Waals surface area contributed by atoms with E-state index in [-0.39, 0.29) is 5.56 Å². The molecule has 102 valence electrons. The molecule has 5 nitrogen and oxygen atoms in total. The average Bonchev–Trinajstić information content (AvgIpc) is 2.41. The van der Waals surface area contributed by atoms with Crippen molar-refractivity contribution in [3.05, 3.63) is 69.0 Å². The average molecular weight is 295 g/mol. The molecule has 0 aliphatic carbocycles. The molecular weight excluding hydrogens is 287 g/mol. The Morgan fingerprint density at radius 3 is 2.60 bits per heavy atom. The number of carbonyl (C=O) groups is 1. The van der Waals surface area contributed by atoms with Crippen LogP contribution in [0.3, 0.4) is 0 Å². The highest BCUT2D eigenvalue weighted by Gasteiger charge is 2.17. The molecule has 2 aromatic carbocycles. The van der Waals surface area contributed by atoms with Gasteiger partial charge < -0.3 is 5.32 Å². The fourth-order valence-electron chi connectivity index (χ4n) is 1.55. The van der Waals surface area contributed by atoms with E-state index in [0.29, 0.717) is 10.7 Å². The highest BCUT2D eigenvalue weighted by atomic mass is 35.5. The zero-order valence-electron chi connectivity index (χ0n) is 9.97. The lowest BCUT2D eigenvalue weighted by molar-refractivity contribution is -0.387. The van der Waals surface area contributed by atoms with Gasteiger partial charge in [-0.05, 0) is 24.3 Å². The van der Waals surface area contributed by atoms with E-state index in [1.807, 2.05) is 0 Å². The first kappa shape index (κ1) is 14.0. The van der Waals surface area contributed by atoms with Crippen LogP contribution in [-0.4, -0.2) is 10.8 Å². The van der Waals surface area contributed by atoms with E-state index in [0.717, 1.165) is 18.2 Å². The molecule has 0 saturated heterocycles. The number of anilines is 1. The molecule has 0 aliphatic heterocycles. The molecular formula is C13H8ClFN2O3. The fourth-order valence-corrected chi connectivity index (χ4v) is 1.73. The summed E-state index contributed by atoms with van der Waals surface area (Å²) >= 11 is 5.88. The second-order valence-corrected chi connectivity index (χ2v) is 4.26. The van der Waals surface area contributed by atoms with Gasteiger partial charge in [0.2, 0.25) is 5.82 Å². The van der Waals surface area contributed by atoms with Gasteiger partial charge >= 0.3 is 5.69 Å². The summed E-state index contributed by atoms with van der Waals surface area (Å²) in [6.45, 7) is 0. The standard InChI is InChI=1S/C13H8ClFN2O3/c14-9-3-1-2-4-11(9)16-13(18)8-5-6-10(15)12(7-8)17(19)20/h1-7H,(H,16,18). The summed E-state index contributed by atoms with van der Waals surface area (Å²) in [7, 11) is 0. The fraction of sp³-hybridized carbons (Fsp3) is 0. The first-order chi connectivity index (χ1) is 9.49. The third-order valence-electron chi connectivity index (χ3n) is 2.53. The maximum atomic E-state index is 13.2. The minimum absolute atomic E-state index is 0.0296. The Kier molecular flexibility index (Phi) is 3.95. The van der Waals surface area contributed by atoms with E-state index < -0.39 is 22.3 Å². The molecule has 1 N–H and O–H groups in total. The van der Waals surface area contributed by atoms with Crippen LogP contribution < -0.4 is 5.32 Å². The molecule has 0 fully saturated rings. The molecule has 0 atom stereocenters. The van der Waals surface area contributed by atoms with Crippen LogP contribution in [0.1, 0.15) is 10.4 Å². The van der Waals surface area contributed by atoms with E-state index in [1.54, 1.807) is 24.3 Å². The molecule has 1 amide bonds. The van der Waals surface area contributed by atoms with Gasteiger partial charge in [0, 0.05) is 11.6 Å². The number of nitrogens with zero attached hydrogens (tertiary/aromatic N) is 1. The Morgan fingerprint density at radius 1 is 1.25 bits per heavy atom. The molecule has 0 aliphatic rings. The van der Waals surface area contributed by atoms with E-state index in [1.165, 1.54) is 0 Å². The number of benzene rings is 2. The van der Waals surface area contributed by atoms with Crippen LogP contribution in [0.5, 0.6) is 0 Å². The SMILES string of the molecule is O=C(Nc1ccccc1Cl)c1ccc(F)c([N+](=O)[O-])c1. The van der Waals surface area contributed by atoms with Crippen LogP contribution in [-0.2, 0) is 0 Å². The molecule has 7 heteroatoms. The third kappa shape index (κ3) is 2.92. The minimum atomic E-state index is -0.996. The molecule has 0 saturated carbocycles. The largest absolute Gasteiger partial charge is 0.321 e. The maximum absolute atomic E-state index is 13.2. The summed E-state index contributed by atoms with van der Waals surface area (Å²) in [6.07, 6.45) is 0. The highest BCUT2D eigenvalue weighted by molar-refractivity contribution is 6.33. The predicted molar refractivity (Wildman–Crippen MR) is 72.5 cm³/mol. The number of halogens is 2. The van der Waals surface area contributed by atoms with E-state index in [9.17, 15) is 19.3 Å². The highest BCUT2D eigenvalue weighted by Crippen LogP contribution is 2.23. The second kappa shape index (κ2) is 5.66. The number of nitrogens with one attached hydrogen (secondary N) is 1. The van der Waals surface area contributed by atoms with Crippen LogP contribution in [0, 0.1) is 15.9 Å². The molecule has 0 unspecified atom stereocenters. The Morgan fingerprint density at radius 2 is 1.95 bits per heavy atom. The zero-order chi connectivity index (χ0) is 14.7. The van der Waals surface area contributed by atoms with Crippen LogP contribution in [0.25, 0.3) is 0 Å². The quantitative estimate of drug-likeness (QED) is 0.694. The topological polar surface area (TPSA) is 72.2 Å². The summed E-state index contributed by atoms with van der Waals surface area (Å²) in [6, 6.07) is 9.45. The summed E-state index contributed by atoms with van der Waals surface area (Å²) in [4.78, 5) is 21.7. The van der Waals surface area contributed by atoms with Crippen molar-refractivity contribution >= 4 is 28.9 Å². The minimum Gasteiger partial charge on any atom is -0.321 e. The van der Waals surface area contributed by atoms with Crippen molar-refractivity contribution < 1.29 is 14.1 Å². The number of carbonyl (C=O) groups excluding carboxylic acids is 1. The maximum Gasteiger partial charge on any atom is 0.305 e. The predicted octanol–water partition coefficient (Wildman–Crippen LogP) is 3.64. The molecule has 0 radical (unpaired) electrons. The number of hydrogen-bond donors (Lipinski definition) is 1. The third-order valence-corrected chi connectivity index (χ3v) is 2.86. The van der Waals surface area contributed by atoms with Gasteiger partial charge in [0.05, 0.1) is 15.6 Å². The monoisotopic (exact) mass is 294 g/mol. The van der Waals surface area contributed by atoms with Crippen LogP contribution in [0.2, 0.25) is 5.02 Å². The smallest absolute Gasteiger partial charge is 0.305 e. The molecule has 2 rings (SSSR count). The van der Waals surface area contributed by atoms with Crippen LogP contribution >= 0.6 is 11.6 Å². The van der Waals surface area contributed by atoms with Crippen LogP contribution in [0.15, 0.2) is 42.5 Å². The molecule has 0 heterocycles. The number of rotatable bonds is 3. The first-order valence-corrected chi connectivity index (χ1v) is 5.86. The Balaban J connectivity index is 2.28. The summed E-state index contributed by atoms with van der Waals surface area (Å²) < 4.78 is 13.2. The van der Waals surface area contributed by atoms with Crippen molar-refractivity contribution in [3.8, 4) is 0 Å². The Bertz CT molecular complexity index is 691. The van der Waals surface area contributed by atoms with Gasteiger partial charge in [-0.2, -0.15) is 4.39 Å². The van der Waals surface area contributed by atoms with Gasteiger partial charge in [0.25, 0.3) is 5.91 Å². The second-order valence-electron chi connectivity index (χ2n) is 3.86. The zero-order valence-corrected chi connectivity index (χ0v) is 10.7.